The van der Waals surface area contributed by atoms with E-state index in [9.17, 15) is 10.1 Å². The summed E-state index contributed by atoms with van der Waals surface area (Å²) in [5.41, 5.74) is 2.27. The second-order valence-corrected chi connectivity index (χ2v) is 6.44. The second-order valence-electron chi connectivity index (χ2n) is 6.44. The number of nitrogens with zero attached hydrogens (tertiary/aromatic N) is 4. The molecule has 4 rings (SSSR count). The van der Waals surface area contributed by atoms with Gasteiger partial charge in [0.25, 0.3) is 0 Å². The molecule has 0 unspecified atom stereocenters. The third kappa shape index (κ3) is 4.22. The molecule has 2 aromatic heterocycles. The Labute approximate surface area is 172 Å². The SMILES string of the molecule is O=[N+]([O-])c1c(Nc2cccnc2)ncnc1NC(c1ccccc1)c1ccccc1. The average molecular weight is 398 g/mol. The largest absolute Gasteiger partial charge is 0.353 e. The van der Waals surface area contributed by atoms with E-state index in [-0.39, 0.29) is 23.4 Å². The molecule has 0 spiro atoms. The highest BCUT2D eigenvalue weighted by molar-refractivity contribution is 5.74. The standard InChI is InChI=1S/C22H18N6O2/c29-28(30)20-21(26-18-12-7-13-23-14-18)24-15-25-22(20)27-19(16-8-3-1-4-9-16)17-10-5-2-6-11-17/h1-15,19H,(H2,24,25,26,27). The van der Waals surface area contributed by atoms with E-state index in [1.54, 1.807) is 24.5 Å². The van der Waals surface area contributed by atoms with E-state index in [0.29, 0.717) is 5.69 Å². The Balaban J connectivity index is 1.75. The summed E-state index contributed by atoms with van der Waals surface area (Å²) in [7, 11) is 0. The fourth-order valence-electron chi connectivity index (χ4n) is 3.11. The maximum atomic E-state index is 11.9. The Morgan fingerprint density at radius 1 is 0.833 bits per heavy atom. The molecule has 8 nitrogen and oxygen atoms in total. The van der Waals surface area contributed by atoms with Crippen molar-refractivity contribution in [2.45, 2.75) is 6.04 Å². The van der Waals surface area contributed by atoms with Crippen LogP contribution < -0.4 is 10.6 Å². The molecule has 0 radical (unpaired) electrons. The molecule has 0 aliphatic carbocycles. The molecule has 30 heavy (non-hydrogen) atoms. The number of anilines is 3. The maximum absolute atomic E-state index is 11.9. The van der Waals surface area contributed by atoms with Crippen molar-refractivity contribution < 1.29 is 4.92 Å². The van der Waals surface area contributed by atoms with Gasteiger partial charge in [-0.15, -0.1) is 0 Å². The van der Waals surface area contributed by atoms with Gasteiger partial charge >= 0.3 is 5.69 Å². The molecule has 2 heterocycles. The molecule has 148 valence electrons. The number of aromatic nitrogens is 3. The molecule has 0 saturated carbocycles. The molecule has 0 aliphatic rings. The van der Waals surface area contributed by atoms with Crippen LogP contribution in [0.3, 0.4) is 0 Å². The van der Waals surface area contributed by atoms with Crippen molar-refractivity contribution >= 4 is 23.0 Å². The fourth-order valence-corrected chi connectivity index (χ4v) is 3.11. The van der Waals surface area contributed by atoms with Gasteiger partial charge < -0.3 is 10.6 Å². The quantitative estimate of drug-likeness (QED) is 0.342. The van der Waals surface area contributed by atoms with Gasteiger partial charge in [-0.05, 0) is 23.3 Å². The minimum Gasteiger partial charge on any atom is -0.353 e. The van der Waals surface area contributed by atoms with Gasteiger partial charge in [0.05, 0.1) is 22.8 Å². The van der Waals surface area contributed by atoms with E-state index in [0.717, 1.165) is 11.1 Å². The van der Waals surface area contributed by atoms with Crippen LogP contribution in [0, 0.1) is 10.1 Å². The highest BCUT2D eigenvalue weighted by atomic mass is 16.6. The predicted octanol–water partition coefficient (Wildman–Crippen LogP) is 4.72. The lowest BCUT2D eigenvalue weighted by Gasteiger charge is -2.20. The van der Waals surface area contributed by atoms with Crippen LogP contribution in [0.15, 0.2) is 91.5 Å². The molecular formula is C22H18N6O2. The number of hydrogen-bond acceptors (Lipinski definition) is 7. The smallest absolute Gasteiger partial charge is 0.353 e. The van der Waals surface area contributed by atoms with Crippen molar-refractivity contribution in [1.29, 1.82) is 0 Å². The van der Waals surface area contributed by atoms with Gasteiger partial charge in [0.15, 0.2) is 0 Å². The van der Waals surface area contributed by atoms with Crippen LogP contribution in [0.2, 0.25) is 0 Å². The highest BCUT2D eigenvalue weighted by Gasteiger charge is 2.26. The molecule has 0 atom stereocenters. The van der Waals surface area contributed by atoms with Crippen LogP contribution in [-0.4, -0.2) is 19.9 Å². The van der Waals surface area contributed by atoms with Crippen molar-refractivity contribution in [3.05, 3.63) is 113 Å². The van der Waals surface area contributed by atoms with E-state index >= 15 is 0 Å². The third-order valence-corrected chi connectivity index (χ3v) is 4.48. The summed E-state index contributed by atoms with van der Waals surface area (Å²) >= 11 is 0. The third-order valence-electron chi connectivity index (χ3n) is 4.48. The van der Waals surface area contributed by atoms with Crippen molar-refractivity contribution in [2.75, 3.05) is 10.6 Å². The summed E-state index contributed by atoms with van der Waals surface area (Å²) in [5, 5.41) is 18.1. The monoisotopic (exact) mass is 398 g/mol. The van der Waals surface area contributed by atoms with Gasteiger partial charge in [0.1, 0.15) is 6.33 Å². The van der Waals surface area contributed by atoms with Gasteiger partial charge in [-0.1, -0.05) is 60.7 Å². The summed E-state index contributed by atoms with van der Waals surface area (Å²) in [6.07, 6.45) is 4.48. The molecule has 0 amide bonds. The van der Waals surface area contributed by atoms with Crippen molar-refractivity contribution in [3.63, 3.8) is 0 Å². The number of nitrogens with one attached hydrogen (secondary N) is 2. The van der Waals surface area contributed by atoms with Gasteiger partial charge in [-0.25, -0.2) is 9.97 Å². The van der Waals surface area contributed by atoms with Crippen LogP contribution in [0.5, 0.6) is 0 Å². The highest BCUT2D eigenvalue weighted by Crippen LogP contribution is 2.34. The minimum absolute atomic E-state index is 0.0883. The first-order chi connectivity index (χ1) is 14.7. The average Bonchev–Trinajstić information content (AvgIpc) is 2.79. The van der Waals surface area contributed by atoms with Crippen molar-refractivity contribution in [1.82, 2.24) is 15.0 Å². The van der Waals surface area contributed by atoms with Gasteiger partial charge in [-0.3, -0.25) is 15.1 Å². The Morgan fingerprint density at radius 2 is 1.47 bits per heavy atom. The number of rotatable bonds is 7. The predicted molar refractivity (Wildman–Crippen MR) is 115 cm³/mol. The molecule has 4 aromatic rings. The second kappa shape index (κ2) is 8.78. The zero-order valence-electron chi connectivity index (χ0n) is 15.8. The molecule has 0 aliphatic heterocycles. The van der Waals surface area contributed by atoms with Gasteiger partial charge in [-0.2, -0.15) is 0 Å². The maximum Gasteiger partial charge on any atom is 0.353 e. The summed E-state index contributed by atoms with van der Waals surface area (Å²) in [4.78, 5) is 23.7. The molecule has 0 saturated heterocycles. The first-order valence-corrected chi connectivity index (χ1v) is 9.25. The summed E-state index contributed by atoms with van der Waals surface area (Å²) in [5.74, 6) is 0.212. The molecule has 8 heteroatoms. The van der Waals surface area contributed by atoms with Gasteiger partial charge in [0, 0.05) is 6.20 Å². The minimum atomic E-state index is -0.492. The normalized spacial score (nSPS) is 10.6. The molecule has 0 fully saturated rings. The van der Waals surface area contributed by atoms with Crippen LogP contribution >= 0.6 is 0 Å². The first kappa shape index (κ1) is 19.0. The summed E-state index contributed by atoms with van der Waals surface area (Å²) in [6, 6.07) is 22.6. The van der Waals surface area contributed by atoms with Crippen LogP contribution in [0.25, 0.3) is 0 Å². The Bertz CT molecular complexity index is 1080. The number of hydrogen-bond donors (Lipinski definition) is 2. The van der Waals surface area contributed by atoms with Gasteiger partial charge in [0.2, 0.25) is 11.6 Å². The topological polar surface area (TPSA) is 106 Å². The van der Waals surface area contributed by atoms with E-state index in [2.05, 4.69) is 25.6 Å². The van der Waals surface area contributed by atoms with Crippen molar-refractivity contribution in [2.24, 2.45) is 0 Å². The van der Waals surface area contributed by atoms with E-state index < -0.39 is 4.92 Å². The Morgan fingerprint density at radius 3 is 2.03 bits per heavy atom. The van der Waals surface area contributed by atoms with E-state index in [4.69, 9.17) is 0 Å². The van der Waals surface area contributed by atoms with E-state index in [1.165, 1.54) is 6.33 Å². The lowest BCUT2D eigenvalue weighted by atomic mass is 9.99. The number of pyridine rings is 1. The summed E-state index contributed by atoms with van der Waals surface area (Å²) < 4.78 is 0. The Kier molecular flexibility index (Phi) is 5.56. The zero-order valence-corrected chi connectivity index (χ0v) is 15.8. The number of nitro groups is 1. The van der Waals surface area contributed by atoms with E-state index in [1.807, 2.05) is 60.7 Å². The lowest BCUT2D eigenvalue weighted by molar-refractivity contribution is -0.383. The molecule has 0 bridgehead atoms. The van der Waals surface area contributed by atoms with Crippen LogP contribution in [-0.2, 0) is 0 Å². The van der Waals surface area contributed by atoms with Crippen molar-refractivity contribution in [3.8, 4) is 0 Å². The first-order valence-electron chi connectivity index (χ1n) is 9.25. The summed E-state index contributed by atoms with van der Waals surface area (Å²) in [6.45, 7) is 0. The Hall–Kier alpha value is -4.33. The molecule has 2 aromatic carbocycles. The molecule has 2 N–H and O–H groups in total. The fraction of sp³-hybridized carbons (Fsp3) is 0.0455. The molecular weight excluding hydrogens is 380 g/mol. The van der Waals surface area contributed by atoms with Crippen LogP contribution in [0.4, 0.5) is 23.0 Å². The zero-order chi connectivity index (χ0) is 20.8. The van der Waals surface area contributed by atoms with Crippen LogP contribution in [0.1, 0.15) is 17.2 Å². The number of benzene rings is 2. The lowest BCUT2D eigenvalue weighted by Crippen LogP contribution is -2.15.